The molecule has 5 heterocycles. The molecule has 5 rings (SSSR count). The first-order chi connectivity index (χ1) is 12.3. The number of nitrogen functional groups attached to an aromatic ring is 1. The third kappa shape index (κ3) is 2.51. The lowest BCUT2D eigenvalue weighted by atomic mass is 10.0. The summed E-state index contributed by atoms with van der Waals surface area (Å²) < 4.78 is 5.32. The highest BCUT2D eigenvalue weighted by atomic mass is 16.5. The molecule has 0 radical (unpaired) electrons. The molecule has 2 aliphatic heterocycles. The highest BCUT2D eigenvalue weighted by Crippen LogP contribution is 2.34. The molecular formula is C18H22N6O. The zero-order valence-corrected chi connectivity index (χ0v) is 14.0. The molecule has 2 aliphatic rings. The van der Waals surface area contributed by atoms with Crippen LogP contribution in [-0.2, 0) is 4.74 Å². The van der Waals surface area contributed by atoms with Gasteiger partial charge in [0.15, 0.2) is 0 Å². The number of ether oxygens (including phenoxy) is 1. The number of aromatic nitrogens is 3. The number of pyridine rings is 2. The van der Waals surface area contributed by atoms with E-state index in [-0.39, 0.29) is 0 Å². The lowest BCUT2D eigenvalue weighted by molar-refractivity contribution is -0.0705. The van der Waals surface area contributed by atoms with Gasteiger partial charge >= 0.3 is 0 Å². The smallest absolute Gasteiger partial charge is 0.147 e. The lowest BCUT2D eigenvalue weighted by Gasteiger charge is -2.41. The van der Waals surface area contributed by atoms with Gasteiger partial charge in [-0.2, -0.15) is 0 Å². The summed E-state index contributed by atoms with van der Waals surface area (Å²) in [6.45, 7) is 3.97. The Bertz CT molecular complexity index is 910. The molecular weight excluding hydrogens is 316 g/mol. The van der Waals surface area contributed by atoms with Crippen LogP contribution in [0.15, 0.2) is 24.5 Å². The lowest BCUT2D eigenvalue weighted by Crippen LogP contribution is -2.53. The minimum Gasteiger partial charge on any atom is -0.382 e. The number of nitrogens with one attached hydrogen (secondary N) is 2. The zero-order valence-electron chi connectivity index (χ0n) is 14.0. The molecule has 0 amide bonds. The van der Waals surface area contributed by atoms with Crippen LogP contribution < -0.4 is 11.1 Å². The Morgan fingerprint density at radius 1 is 1.24 bits per heavy atom. The fourth-order valence-corrected chi connectivity index (χ4v) is 3.93. The van der Waals surface area contributed by atoms with Crippen LogP contribution in [0.3, 0.4) is 0 Å². The van der Waals surface area contributed by atoms with E-state index in [9.17, 15) is 0 Å². The molecule has 2 fully saturated rings. The monoisotopic (exact) mass is 338 g/mol. The number of nitrogens with two attached hydrogens (primary N) is 1. The number of aromatic amines is 1. The van der Waals surface area contributed by atoms with Crippen molar-refractivity contribution in [2.45, 2.75) is 24.9 Å². The molecule has 0 saturated carbocycles. The Kier molecular flexibility index (Phi) is 3.50. The van der Waals surface area contributed by atoms with E-state index in [2.05, 4.69) is 31.2 Å². The first-order valence-corrected chi connectivity index (χ1v) is 8.89. The van der Waals surface area contributed by atoms with Crippen molar-refractivity contribution in [2.75, 3.05) is 37.4 Å². The summed E-state index contributed by atoms with van der Waals surface area (Å²) in [5, 5.41) is 5.84. The fraction of sp³-hybridized carbons (Fsp3) is 0.444. The molecule has 130 valence electrons. The minimum atomic E-state index is 0.411. The molecule has 25 heavy (non-hydrogen) atoms. The maximum absolute atomic E-state index is 6.23. The molecule has 7 heteroatoms. The number of piperidine rings is 1. The molecule has 7 nitrogen and oxygen atoms in total. The van der Waals surface area contributed by atoms with E-state index in [1.54, 1.807) is 12.4 Å². The Morgan fingerprint density at radius 3 is 2.84 bits per heavy atom. The number of hydrogen-bond donors (Lipinski definition) is 3. The molecule has 0 spiro atoms. The van der Waals surface area contributed by atoms with Gasteiger partial charge in [-0.15, -0.1) is 0 Å². The SMILES string of the molecule is Nc1ncc2[nH]c3ncccc3c2c1NC1CCN(C2COC2)CC1. The van der Waals surface area contributed by atoms with Crippen molar-refractivity contribution < 1.29 is 4.74 Å². The van der Waals surface area contributed by atoms with Crippen LogP contribution in [0.4, 0.5) is 11.5 Å². The molecule has 4 N–H and O–H groups in total. The standard InChI is InChI=1S/C18H22N6O/c19-17-16(22-11-3-6-24(7-4-11)12-9-25-10-12)15-13-2-1-5-20-18(13)23-14(15)8-21-17/h1-2,5,8,11-12,22H,3-4,6-7,9-10H2,(H2,19,21)(H,20,23). The van der Waals surface area contributed by atoms with E-state index >= 15 is 0 Å². The topological polar surface area (TPSA) is 92.1 Å². The van der Waals surface area contributed by atoms with Gasteiger partial charge in [0.05, 0.1) is 36.7 Å². The second kappa shape index (κ2) is 5.86. The third-order valence-corrected chi connectivity index (χ3v) is 5.45. The first-order valence-electron chi connectivity index (χ1n) is 8.89. The van der Waals surface area contributed by atoms with Crippen LogP contribution in [0.25, 0.3) is 21.9 Å². The molecule has 3 aromatic rings. The largest absolute Gasteiger partial charge is 0.382 e. The number of H-pyrrole nitrogens is 1. The number of anilines is 2. The Hall–Kier alpha value is -2.38. The Balaban J connectivity index is 1.43. The van der Waals surface area contributed by atoms with Gasteiger partial charge in [-0.25, -0.2) is 9.97 Å². The van der Waals surface area contributed by atoms with Crippen molar-refractivity contribution in [3.8, 4) is 0 Å². The van der Waals surface area contributed by atoms with Crippen LogP contribution in [-0.4, -0.2) is 58.2 Å². The van der Waals surface area contributed by atoms with Crippen LogP contribution in [0.1, 0.15) is 12.8 Å². The summed E-state index contributed by atoms with van der Waals surface area (Å²) in [6.07, 6.45) is 5.79. The highest BCUT2D eigenvalue weighted by molar-refractivity contribution is 6.14. The van der Waals surface area contributed by atoms with Gasteiger partial charge in [-0.3, -0.25) is 4.90 Å². The van der Waals surface area contributed by atoms with Gasteiger partial charge in [0.2, 0.25) is 0 Å². The van der Waals surface area contributed by atoms with E-state index in [0.717, 1.165) is 66.8 Å². The predicted octanol–water partition coefficient (Wildman–Crippen LogP) is 1.97. The highest BCUT2D eigenvalue weighted by Gasteiger charge is 2.30. The average Bonchev–Trinajstić information content (AvgIpc) is 2.96. The Morgan fingerprint density at radius 2 is 2.08 bits per heavy atom. The average molecular weight is 338 g/mol. The molecule has 3 aromatic heterocycles. The zero-order chi connectivity index (χ0) is 16.8. The maximum Gasteiger partial charge on any atom is 0.147 e. The van der Waals surface area contributed by atoms with Crippen molar-refractivity contribution >= 4 is 33.4 Å². The summed E-state index contributed by atoms with van der Waals surface area (Å²) in [5.41, 5.74) is 8.99. The van der Waals surface area contributed by atoms with E-state index in [0.29, 0.717) is 17.9 Å². The van der Waals surface area contributed by atoms with Crippen molar-refractivity contribution in [2.24, 2.45) is 0 Å². The number of hydrogen-bond acceptors (Lipinski definition) is 6. The van der Waals surface area contributed by atoms with Gasteiger partial charge in [-0.1, -0.05) is 0 Å². The van der Waals surface area contributed by atoms with E-state index < -0.39 is 0 Å². The van der Waals surface area contributed by atoms with Gasteiger partial charge in [0.25, 0.3) is 0 Å². The molecule has 0 atom stereocenters. The molecule has 2 saturated heterocycles. The summed E-state index contributed by atoms with van der Waals surface area (Å²) in [4.78, 5) is 14.6. The second-order valence-electron chi connectivity index (χ2n) is 6.98. The molecule has 0 aliphatic carbocycles. The van der Waals surface area contributed by atoms with Crippen LogP contribution >= 0.6 is 0 Å². The number of rotatable bonds is 3. The molecule has 0 unspecified atom stereocenters. The number of nitrogens with zero attached hydrogens (tertiary/aromatic N) is 3. The minimum absolute atomic E-state index is 0.411. The van der Waals surface area contributed by atoms with Gasteiger partial charge in [0, 0.05) is 36.1 Å². The van der Waals surface area contributed by atoms with Crippen LogP contribution in [0, 0.1) is 0 Å². The van der Waals surface area contributed by atoms with Crippen molar-refractivity contribution in [3.63, 3.8) is 0 Å². The summed E-state index contributed by atoms with van der Waals surface area (Å²) in [5.74, 6) is 0.548. The first kappa shape index (κ1) is 14.9. The van der Waals surface area contributed by atoms with E-state index in [4.69, 9.17) is 10.5 Å². The Labute approximate surface area is 145 Å². The maximum atomic E-state index is 6.23. The molecule has 0 bridgehead atoms. The van der Waals surface area contributed by atoms with Crippen LogP contribution in [0.2, 0.25) is 0 Å². The number of likely N-dealkylation sites (tertiary alicyclic amines) is 1. The van der Waals surface area contributed by atoms with Gasteiger partial charge in [0.1, 0.15) is 11.5 Å². The third-order valence-electron chi connectivity index (χ3n) is 5.45. The van der Waals surface area contributed by atoms with E-state index in [1.165, 1.54) is 0 Å². The normalized spacial score (nSPS) is 20.2. The van der Waals surface area contributed by atoms with Crippen molar-refractivity contribution in [3.05, 3.63) is 24.5 Å². The van der Waals surface area contributed by atoms with Gasteiger partial charge < -0.3 is 20.8 Å². The second-order valence-corrected chi connectivity index (χ2v) is 6.98. The van der Waals surface area contributed by atoms with Crippen molar-refractivity contribution in [1.29, 1.82) is 0 Å². The van der Waals surface area contributed by atoms with E-state index in [1.807, 2.05) is 6.07 Å². The van der Waals surface area contributed by atoms with Gasteiger partial charge in [-0.05, 0) is 25.0 Å². The summed E-state index contributed by atoms with van der Waals surface area (Å²) >= 11 is 0. The number of fused-ring (bicyclic) bond motifs is 3. The predicted molar refractivity (Wildman–Crippen MR) is 98.6 cm³/mol. The fourth-order valence-electron chi connectivity index (χ4n) is 3.93. The summed E-state index contributed by atoms with van der Waals surface area (Å²) in [6, 6.07) is 5.06. The quantitative estimate of drug-likeness (QED) is 0.676. The molecule has 0 aromatic carbocycles. The summed E-state index contributed by atoms with van der Waals surface area (Å²) in [7, 11) is 0. The van der Waals surface area contributed by atoms with Crippen LogP contribution in [0.5, 0.6) is 0 Å². The van der Waals surface area contributed by atoms with Crippen molar-refractivity contribution in [1.82, 2.24) is 19.9 Å².